The maximum Gasteiger partial charge on any atom is 0.271 e. The summed E-state index contributed by atoms with van der Waals surface area (Å²) in [6, 6.07) is 19.7. The Bertz CT molecular complexity index is 1100. The van der Waals surface area contributed by atoms with Gasteiger partial charge >= 0.3 is 0 Å². The molecule has 0 aromatic heterocycles. The Labute approximate surface area is 179 Å². The minimum Gasteiger partial charge on any atom is -0.490 e. The molecule has 3 aromatic rings. The van der Waals surface area contributed by atoms with Crippen molar-refractivity contribution in [2.24, 2.45) is 5.10 Å². The Balaban J connectivity index is 1.64. The molecule has 1 amide bonds. The lowest BCUT2D eigenvalue weighted by Crippen LogP contribution is -2.17. The van der Waals surface area contributed by atoms with E-state index in [4.69, 9.17) is 14.7 Å². The van der Waals surface area contributed by atoms with Gasteiger partial charge in [-0.25, -0.2) is 9.82 Å². The van der Waals surface area contributed by atoms with E-state index >= 15 is 0 Å². The van der Waals surface area contributed by atoms with E-state index in [9.17, 15) is 9.18 Å². The summed E-state index contributed by atoms with van der Waals surface area (Å²) in [6.45, 7) is 2.65. The number of carbonyl (C=O) groups is 1. The van der Waals surface area contributed by atoms with Gasteiger partial charge in [0.25, 0.3) is 5.91 Å². The molecule has 0 saturated heterocycles. The van der Waals surface area contributed by atoms with E-state index in [0.717, 1.165) is 5.56 Å². The topological polar surface area (TPSA) is 83.7 Å². The number of benzene rings is 3. The molecule has 0 aliphatic rings. The number of hydrazone groups is 1. The zero-order valence-electron chi connectivity index (χ0n) is 16.8. The van der Waals surface area contributed by atoms with Gasteiger partial charge in [0.1, 0.15) is 12.4 Å². The normalized spacial score (nSPS) is 10.5. The summed E-state index contributed by atoms with van der Waals surface area (Å²) < 4.78 is 24.5. The molecule has 0 heterocycles. The number of halogens is 1. The zero-order valence-corrected chi connectivity index (χ0v) is 16.8. The van der Waals surface area contributed by atoms with E-state index in [-0.39, 0.29) is 0 Å². The maximum absolute atomic E-state index is 12.9. The summed E-state index contributed by atoms with van der Waals surface area (Å²) in [6.07, 6.45) is 1.48. The fourth-order valence-corrected chi connectivity index (χ4v) is 2.66. The lowest BCUT2D eigenvalue weighted by Gasteiger charge is -2.12. The molecule has 3 aromatic carbocycles. The van der Waals surface area contributed by atoms with E-state index in [2.05, 4.69) is 16.6 Å². The molecule has 31 heavy (non-hydrogen) atoms. The number of nitrogens with one attached hydrogen (secondary N) is 1. The van der Waals surface area contributed by atoms with E-state index in [0.29, 0.717) is 41.4 Å². The molecule has 0 bridgehead atoms. The minimum absolute atomic E-state index is 0.306. The van der Waals surface area contributed by atoms with Crippen molar-refractivity contribution < 1.29 is 18.7 Å². The number of hydrogen-bond donors (Lipinski definition) is 1. The predicted octanol–water partition coefficient (Wildman–Crippen LogP) is 4.44. The Morgan fingerprint density at radius 1 is 1.06 bits per heavy atom. The second-order valence-corrected chi connectivity index (χ2v) is 6.44. The highest BCUT2D eigenvalue weighted by Gasteiger charge is 2.07. The van der Waals surface area contributed by atoms with Gasteiger partial charge in [0.2, 0.25) is 0 Å². The minimum atomic E-state index is -0.441. The number of carbonyl (C=O) groups excluding carboxylic acids is 1. The molecule has 0 unspecified atom stereocenters. The Hall–Kier alpha value is -4.18. The first-order valence-electron chi connectivity index (χ1n) is 9.56. The van der Waals surface area contributed by atoms with E-state index < -0.39 is 11.7 Å². The van der Waals surface area contributed by atoms with Gasteiger partial charge in [-0.05, 0) is 72.6 Å². The second kappa shape index (κ2) is 10.6. The largest absolute Gasteiger partial charge is 0.490 e. The van der Waals surface area contributed by atoms with Crippen molar-refractivity contribution in [3.05, 3.63) is 94.8 Å². The van der Waals surface area contributed by atoms with Gasteiger partial charge in [-0.1, -0.05) is 12.1 Å². The summed E-state index contributed by atoms with van der Waals surface area (Å²) in [5, 5.41) is 12.8. The highest BCUT2D eigenvalue weighted by Crippen LogP contribution is 2.29. The molecule has 0 saturated carbocycles. The van der Waals surface area contributed by atoms with Gasteiger partial charge in [-0.2, -0.15) is 10.4 Å². The van der Waals surface area contributed by atoms with Crippen LogP contribution in [0.4, 0.5) is 4.39 Å². The third-order valence-corrected chi connectivity index (χ3v) is 4.23. The van der Waals surface area contributed by atoms with Crippen LogP contribution in [0.15, 0.2) is 71.8 Å². The first kappa shape index (κ1) is 21.5. The fourth-order valence-electron chi connectivity index (χ4n) is 2.66. The van der Waals surface area contributed by atoms with E-state index in [1.54, 1.807) is 30.3 Å². The van der Waals surface area contributed by atoms with Crippen LogP contribution in [0.3, 0.4) is 0 Å². The van der Waals surface area contributed by atoms with Crippen LogP contribution in [0.5, 0.6) is 11.5 Å². The molecule has 0 radical (unpaired) electrons. The van der Waals surface area contributed by atoms with Gasteiger partial charge in [0.15, 0.2) is 11.5 Å². The third-order valence-electron chi connectivity index (χ3n) is 4.23. The fraction of sp³-hybridized carbons (Fsp3) is 0.125. The summed E-state index contributed by atoms with van der Waals surface area (Å²) in [4.78, 5) is 12.0. The van der Waals surface area contributed by atoms with Crippen LogP contribution in [0, 0.1) is 17.1 Å². The quantitative estimate of drug-likeness (QED) is 0.434. The molecule has 0 fully saturated rings. The van der Waals surface area contributed by atoms with Crippen LogP contribution in [-0.2, 0) is 6.61 Å². The molecular weight excluding hydrogens is 397 g/mol. The first-order valence-corrected chi connectivity index (χ1v) is 9.56. The Morgan fingerprint density at radius 3 is 2.48 bits per heavy atom. The molecule has 0 spiro atoms. The molecular formula is C24H20FN3O3. The molecule has 156 valence electrons. The number of rotatable bonds is 8. The van der Waals surface area contributed by atoms with Crippen molar-refractivity contribution in [2.45, 2.75) is 13.5 Å². The molecule has 0 atom stereocenters. The Morgan fingerprint density at radius 2 is 1.81 bits per heavy atom. The summed E-state index contributed by atoms with van der Waals surface area (Å²) in [5.41, 5.74) is 4.93. The Kier molecular flexibility index (Phi) is 7.33. The number of ether oxygens (including phenoxy) is 2. The van der Waals surface area contributed by atoms with Gasteiger partial charge in [-0.3, -0.25) is 4.79 Å². The number of amides is 1. The number of nitriles is 1. The van der Waals surface area contributed by atoms with Crippen LogP contribution in [0.1, 0.15) is 34.0 Å². The van der Waals surface area contributed by atoms with Crippen molar-refractivity contribution in [1.29, 1.82) is 5.26 Å². The van der Waals surface area contributed by atoms with Crippen molar-refractivity contribution in [2.75, 3.05) is 6.61 Å². The predicted molar refractivity (Wildman–Crippen MR) is 115 cm³/mol. The van der Waals surface area contributed by atoms with Crippen molar-refractivity contribution in [1.82, 2.24) is 5.43 Å². The second-order valence-electron chi connectivity index (χ2n) is 6.44. The highest BCUT2D eigenvalue weighted by molar-refractivity contribution is 5.94. The van der Waals surface area contributed by atoms with Gasteiger partial charge in [0.05, 0.1) is 24.5 Å². The molecule has 6 nitrogen and oxygen atoms in total. The smallest absolute Gasteiger partial charge is 0.271 e. The summed E-state index contributed by atoms with van der Waals surface area (Å²) in [5.74, 6) is 0.261. The monoisotopic (exact) mass is 417 g/mol. The molecule has 0 aliphatic carbocycles. The average molecular weight is 417 g/mol. The van der Waals surface area contributed by atoms with Gasteiger partial charge in [0, 0.05) is 5.56 Å². The van der Waals surface area contributed by atoms with Gasteiger partial charge in [-0.15, -0.1) is 0 Å². The highest BCUT2D eigenvalue weighted by atomic mass is 19.1. The lowest BCUT2D eigenvalue weighted by atomic mass is 10.1. The van der Waals surface area contributed by atoms with Crippen molar-refractivity contribution in [3.63, 3.8) is 0 Å². The SMILES string of the molecule is CCOc1cc(/C=N\NC(=O)c2ccc(F)cc2)ccc1OCc1ccc(C#N)cc1. The van der Waals surface area contributed by atoms with Crippen LogP contribution < -0.4 is 14.9 Å². The third kappa shape index (κ3) is 6.15. The maximum atomic E-state index is 12.9. The van der Waals surface area contributed by atoms with Gasteiger partial charge < -0.3 is 9.47 Å². The number of hydrogen-bond acceptors (Lipinski definition) is 5. The van der Waals surface area contributed by atoms with Crippen LogP contribution in [-0.4, -0.2) is 18.7 Å². The average Bonchev–Trinajstić information content (AvgIpc) is 2.79. The van der Waals surface area contributed by atoms with Crippen LogP contribution in [0.2, 0.25) is 0 Å². The first-order chi connectivity index (χ1) is 15.1. The molecule has 1 N–H and O–H groups in total. The summed E-state index contributed by atoms with van der Waals surface area (Å²) >= 11 is 0. The van der Waals surface area contributed by atoms with E-state index in [1.807, 2.05) is 19.1 Å². The lowest BCUT2D eigenvalue weighted by molar-refractivity contribution is 0.0955. The van der Waals surface area contributed by atoms with E-state index in [1.165, 1.54) is 30.5 Å². The summed E-state index contributed by atoms with van der Waals surface area (Å²) in [7, 11) is 0. The van der Waals surface area contributed by atoms with Crippen molar-refractivity contribution in [3.8, 4) is 17.6 Å². The standard InChI is InChI=1S/C24H20FN3O3/c1-2-30-23-13-19(15-27-28-24(29)20-8-10-21(25)11-9-20)7-12-22(23)31-16-18-5-3-17(14-26)4-6-18/h3-13,15H,2,16H2,1H3,(H,28,29)/b27-15-. The molecule has 3 rings (SSSR count). The molecule has 0 aliphatic heterocycles. The number of nitrogens with zero attached hydrogens (tertiary/aromatic N) is 2. The molecule has 7 heteroatoms. The van der Waals surface area contributed by atoms with Crippen LogP contribution >= 0.6 is 0 Å². The zero-order chi connectivity index (χ0) is 22.1. The van der Waals surface area contributed by atoms with Crippen LogP contribution in [0.25, 0.3) is 0 Å². The van der Waals surface area contributed by atoms with Crippen molar-refractivity contribution >= 4 is 12.1 Å².